The van der Waals surface area contributed by atoms with Crippen LogP contribution in [0.15, 0.2) is 46.9 Å². The maximum absolute atomic E-state index is 12.4. The van der Waals surface area contributed by atoms with E-state index in [1.54, 1.807) is 12.1 Å². The topological polar surface area (TPSA) is 68.3 Å². The summed E-state index contributed by atoms with van der Waals surface area (Å²) in [5, 5.41) is 3.24. The number of rotatable bonds is 2. The number of nitrogens with one attached hydrogen (secondary N) is 1. The van der Waals surface area contributed by atoms with E-state index in [0.717, 1.165) is 20.3 Å². The quantitative estimate of drug-likeness (QED) is 0.662. The molecule has 5 nitrogen and oxygen atoms in total. The minimum absolute atomic E-state index is 0.365. The molecule has 1 aromatic heterocycles. The number of carbonyl (C=O) groups excluding carboxylic acids is 2. The van der Waals surface area contributed by atoms with Crippen molar-refractivity contribution in [1.29, 1.82) is 0 Å². The number of fused-ring (bicyclic) bond motifs is 2. The smallest absolute Gasteiger partial charge is 0.339 e. The van der Waals surface area contributed by atoms with Crippen molar-refractivity contribution in [2.45, 2.75) is 12.5 Å². The van der Waals surface area contributed by atoms with Crippen LogP contribution in [0.1, 0.15) is 15.9 Å². The molecule has 24 heavy (non-hydrogen) atoms. The van der Waals surface area contributed by atoms with Gasteiger partial charge in [-0.2, -0.15) is 0 Å². The molecule has 3 aromatic rings. The fraction of sp³-hybridized carbons (Fsp3) is 0.118. The highest BCUT2D eigenvalue weighted by molar-refractivity contribution is 9.10. The Balaban J connectivity index is 1.55. The maximum atomic E-state index is 12.4. The summed E-state index contributed by atoms with van der Waals surface area (Å²) in [5.41, 5.74) is 2.15. The van der Waals surface area contributed by atoms with Gasteiger partial charge in [-0.1, -0.05) is 45.5 Å². The number of anilines is 1. The van der Waals surface area contributed by atoms with Gasteiger partial charge in [0.15, 0.2) is 11.2 Å². The largest absolute Gasteiger partial charge is 0.448 e. The number of nitrogens with zero attached hydrogens (tertiary/aromatic N) is 1. The van der Waals surface area contributed by atoms with Crippen LogP contribution >= 0.6 is 27.3 Å². The van der Waals surface area contributed by atoms with Gasteiger partial charge in [-0.3, -0.25) is 10.1 Å². The van der Waals surface area contributed by atoms with E-state index in [4.69, 9.17) is 4.74 Å². The molecule has 4 rings (SSSR count). The number of benzene rings is 2. The molecule has 1 aliphatic heterocycles. The monoisotopic (exact) mass is 402 g/mol. The molecule has 1 amide bonds. The number of carbonyl (C=O) groups is 2. The van der Waals surface area contributed by atoms with Crippen molar-refractivity contribution in [2.75, 3.05) is 5.32 Å². The molecule has 0 bridgehead atoms. The number of halogens is 1. The third kappa shape index (κ3) is 2.81. The average molecular weight is 403 g/mol. The predicted octanol–water partition coefficient (Wildman–Crippen LogP) is 3.78. The third-order valence-corrected chi connectivity index (χ3v) is 5.19. The summed E-state index contributed by atoms with van der Waals surface area (Å²) in [6.45, 7) is 0. The number of hydrogen-bond donors (Lipinski definition) is 1. The van der Waals surface area contributed by atoms with Gasteiger partial charge in [0.25, 0.3) is 5.91 Å². The molecule has 2 aromatic carbocycles. The highest BCUT2D eigenvalue weighted by Crippen LogP contribution is 2.29. The second kappa shape index (κ2) is 5.99. The van der Waals surface area contributed by atoms with E-state index < -0.39 is 12.1 Å². The molecular formula is C17H11BrN2O3S. The molecule has 0 spiro atoms. The van der Waals surface area contributed by atoms with Crippen molar-refractivity contribution >= 4 is 54.5 Å². The zero-order valence-corrected chi connectivity index (χ0v) is 14.7. The van der Waals surface area contributed by atoms with Crippen LogP contribution in [0.5, 0.6) is 0 Å². The molecule has 0 fully saturated rings. The normalized spacial score (nSPS) is 16.5. The third-order valence-electron chi connectivity index (χ3n) is 3.76. The van der Waals surface area contributed by atoms with Gasteiger partial charge in [-0.15, -0.1) is 0 Å². The first-order chi connectivity index (χ1) is 11.6. The number of thiazole rings is 1. The predicted molar refractivity (Wildman–Crippen MR) is 95.3 cm³/mol. The van der Waals surface area contributed by atoms with E-state index in [9.17, 15) is 9.59 Å². The zero-order chi connectivity index (χ0) is 16.7. The maximum Gasteiger partial charge on any atom is 0.339 e. The standard InChI is InChI=1S/C17H11BrN2O3S/c18-10-5-6-12-14(8-10)24-17(19-12)20-15(21)13-7-9-3-1-2-4-11(9)16(22)23-13/h1-6,8,13H,7H2,(H,19,20,21). The number of aromatic nitrogens is 1. The molecule has 7 heteroatoms. The van der Waals surface area contributed by atoms with Crippen molar-refractivity contribution in [3.8, 4) is 0 Å². The van der Waals surface area contributed by atoms with Crippen molar-refractivity contribution in [3.05, 3.63) is 58.1 Å². The molecule has 0 aliphatic carbocycles. The molecule has 1 aliphatic rings. The van der Waals surface area contributed by atoms with Gasteiger partial charge in [-0.05, 0) is 29.8 Å². The Morgan fingerprint density at radius 1 is 1.29 bits per heavy atom. The summed E-state index contributed by atoms with van der Waals surface area (Å²) in [7, 11) is 0. The Labute approximate surface area is 149 Å². The summed E-state index contributed by atoms with van der Waals surface area (Å²) in [6, 6.07) is 12.9. The lowest BCUT2D eigenvalue weighted by molar-refractivity contribution is -0.125. The van der Waals surface area contributed by atoms with E-state index >= 15 is 0 Å². The van der Waals surface area contributed by atoms with Crippen LogP contribution in [-0.2, 0) is 16.0 Å². The fourth-order valence-electron chi connectivity index (χ4n) is 2.62. The van der Waals surface area contributed by atoms with Crippen LogP contribution in [0.2, 0.25) is 0 Å². The molecular weight excluding hydrogens is 392 g/mol. The molecule has 1 atom stereocenters. The Morgan fingerprint density at radius 3 is 3.00 bits per heavy atom. The molecule has 0 saturated carbocycles. The highest BCUT2D eigenvalue weighted by Gasteiger charge is 2.31. The summed E-state index contributed by atoms with van der Waals surface area (Å²) >= 11 is 4.79. The van der Waals surface area contributed by atoms with Gasteiger partial charge in [0.05, 0.1) is 15.8 Å². The lowest BCUT2D eigenvalue weighted by Gasteiger charge is -2.23. The summed E-state index contributed by atoms with van der Waals surface area (Å²) in [5.74, 6) is -0.832. The number of amides is 1. The lowest BCUT2D eigenvalue weighted by atomic mass is 9.98. The van der Waals surface area contributed by atoms with E-state index in [0.29, 0.717) is 17.1 Å². The van der Waals surface area contributed by atoms with E-state index in [1.165, 1.54) is 11.3 Å². The molecule has 2 heterocycles. The van der Waals surface area contributed by atoms with Crippen LogP contribution in [0.25, 0.3) is 10.2 Å². The highest BCUT2D eigenvalue weighted by atomic mass is 79.9. The molecule has 120 valence electrons. The first kappa shape index (κ1) is 15.3. The van der Waals surface area contributed by atoms with Gasteiger partial charge in [-0.25, -0.2) is 9.78 Å². The molecule has 1 unspecified atom stereocenters. The average Bonchev–Trinajstić information content (AvgIpc) is 2.96. The number of cyclic esters (lactones) is 1. The second-order valence-corrected chi connectivity index (χ2v) is 7.32. The van der Waals surface area contributed by atoms with Gasteiger partial charge in [0.1, 0.15) is 0 Å². The molecule has 1 N–H and O–H groups in total. The Hall–Kier alpha value is -2.25. The van der Waals surface area contributed by atoms with Crippen LogP contribution in [0, 0.1) is 0 Å². The minimum atomic E-state index is -0.842. The Kier molecular flexibility index (Phi) is 3.82. The first-order valence-electron chi connectivity index (χ1n) is 7.26. The zero-order valence-electron chi connectivity index (χ0n) is 12.3. The van der Waals surface area contributed by atoms with Crippen molar-refractivity contribution in [2.24, 2.45) is 0 Å². The Bertz CT molecular complexity index is 969. The Morgan fingerprint density at radius 2 is 2.12 bits per heavy atom. The van der Waals surface area contributed by atoms with Gasteiger partial charge >= 0.3 is 5.97 Å². The summed E-state index contributed by atoms with van der Waals surface area (Å²) in [6.07, 6.45) is -0.476. The van der Waals surface area contributed by atoms with Gasteiger partial charge in [0.2, 0.25) is 0 Å². The van der Waals surface area contributed by atoms with Gasteiger partial charge < -0.3 is 4.74 Å². The first-order valence-corrected chi connectivity index (χ1v) is 8.87. The number of esters is 1. The van der Waals surface area contributed by atoms with Crippen LogP contribution in [0.4, 0.5) is 5.13 Å². The van der Waals surface area contributed by atoms with E-state index in [2.05, 4.69) is 26.2 Å². The number of ether oxygens (including phenoxy) is 1. The summed E-state index contributed by atoms with van der Waals surface area (Å²) < 4.78 is 7.18. The van der Waals surface area contributed by atoms with Crippen LogP contribution < -0.4 is 5.32 Å². The van der Waals surface area contributed by atoms with Crippen LogP contribution in [0.3, 0.4) is 0 Å². The van der Waals surface area contributed by atoms with Crippen molar-refractivity contribution < 1.29 is 14.3 Å². The van der Waals surface area contributed by atoms with E-state index in [-0.39, 0.29) is 5.91 Å². The van der Waals surface area contributed by atoms with Gasteiger partial charge in [0, 0.05) is 10.9 Å². The number of hydrogen-bond acceptors (Lipinski definition) is 5. The summed E-state index contributed by atoms with van der Waals surface area (Å²) in [4.78, 5) is 28.8. The minimum Gasteiger partial charge on any atom is -0.448 e. The SMILES string of the molecule is O=C1OC(C(=O)Nc2nc3ccc(Br)cc3s2)Cc2ccccc21. The van der Waals surface area contributed by atoms with Crippen molar-refractivity contribution in [1.82, 2.24) is 4.98 Å². The molecule has 0 saturated heterocycles. The lowest BCUT2D eigenvalue weighted by Crippen LogP contribution is -2.37. The van der Waals surface area contributed by atoms with E-state index in [1.807, 2.05) is 30.3 Å². The molecule has 0 radical (unpaired) electrons. The fourth-order valence-corrected chi connectivity index (χ4v) is 4.04. The van der Waals surface area contributed by atoms with Crippen molar-refractivity contribution in [3.63, 3.8) is 0 Å². The second-order valence-electron chi connectivity index (χ2n) is 5.38. The van der Waals surface area contributed by atoms with Crippen LogP contribution in [-0.4, -0.2) is 23.0 Å².